The Hall–Kier alpha value is -4.12. The molecule has 0 aliphatic rings. The van der Waals surface area contributed by atoms with Crippen LogP contribution >= 0.6 is 15.9 Å². The third kappa shape index (κ3) is 7.20. The summed E-state index contributed by atoms with van der Waals surface area (Å²) >= 11 is 3.13. The van der Waals surface area contributed by atoms with Gasteiger partial charge >= 0.3 is 11.8 Å². The molecule has 174 valence electrons. The summed E-state index contributed by atoms with van der Waals surface area (Å²) in [4.78, 5) is 35.7. The first-order chi connectivity index (χ1) is 16.3. The van der Waals surface area contributed by atoms with Crippen molar-refractivity contribution < 1.29 is 27.9 Å². The minimum Gasteiger partial charge on any atom is -0.484 e. The number of rotatable bonds is 7. The molecule has 3 rings (SSSR count). The molecule has 3 N–H and O–H groups in total. The first-order valence-corrected chi connectivity index (χ1v) is 10.5. The van der Waals surface area contributed by atoms with Gasteiger partial charge in [0.05, 0.1) is 17.6 Å². The number of hydrogen-bond acceptors (Lipinski definition) is 5. The van der Waals surface area contributed by atoms with E-state index >= 15 is 0 Å². The standard InChI is InChI=1S/C23H17BrF2N4O4/c24-15-8-9-20(18(26)11-15)28-21(31)13-34-16-5-3-4-14(10-16)12-27-30-23(33)22(32)29-19-7-2-1-6-17(19)25/h1-12H,13H2,(H,28,31)(H,29,32)(H,30,33)/b27-12-. The van der Waals surface area contributed by atoms with Gasteiger partial charge in [-0.3, -0.25) is 14.4 Å². The molecule has 0 heterocycles. The van der Waals surface area contributed by atoms with Crippen LogP contribution in [0.15, 0.2) is 76.3 Å². The molecule has 3 aromatic carbocycles. The summed E-state index contributed by atoms with van der Waals surface area (Å²) in [5, 5.41) is 8.22. The highest BCUT2D eigenvalue weighted by Gasteiger charge is 2.14. The van der Waals surface area contributed by atoms with Crippen LogP contribution in [-0.2, 0) is 14.4 Å². The molecular formula is C23H17BrF2N4O4. The number of anilines is 2. The van der Waals surface area contributed by atoms with Crippen molar-refractivity contribution in [3.8, 4) is 5.75 Å². The van der Waals surface area contributed by atoms with E-state index in [-0.39, 0.29) is 18.0 Å². The Morgan fingerprint density at radius 3 is 2.41 bits per heavy atom. The zero-order valence-electron chi connectivity index (χ0n) is 17.3. The lowest BCUT2D eigenvalue weighted by Crippen LogP contribution is -2.32. The number of nitrogens with zero attached hydrogens (tertiary/aromatic N) is 1. The van der Waals surface area contributed by atoms with Gasteiger partial charge in [0.1, 0.15) is 17.4 Å². The van der Waals surface area contributed by atoms with E-state index in [0.717, 1.165) is 6.07 Å². The lowest BCUT2D eigenvalue weighted by molar-refractivity contribution is -0.136. The van der Waals surface area contributed by atoms with Crippen molar-refractivity contribution in [3.63, 3.8) is 0 Å². The molecule has 34 heavy (non-hydrogen) atoms. The van der Waals surface area contributed by atoms with Gasteiger partial charge in [-0.1, -0.05) is 40.2 Å². The SMILES string of the molecule is O=C(COc1cccc(/C=N\NC(=O)C(=O)Nc2ccccc2F)c1)Nc1ccc(Br)cc1F. The van der Waals surface area contributed by atoms with Crippen LogP contribution in [0, 0.1) is 11.6 Å². The van der Waals surface area contributed by atoms with Crippen LogP contribution in [0.1, 0.15) is 5.56 Å². The predicted octanol–water partition coefficient (Wildman–Crippen LogP) is 3.83. The number of ether oxygens (including phenoxy) is 1. The minimum atomic E-state index is -1.09. The number of carbonyl (C=O) groups is 3. The van der Waals surface area contributed by atoms with Gasteiger partial charge in [0.15, 0.2) is 6.61 Å². The van der Waals surface area contributed by atoms with E-state index in [2.05, 4.69) is 31.7 Å². The van der Waals surface area contributed by atoms with Gasteiger partial charge < -0.3 is 15.4 Å². The van der Waals surface area contributed by atoms with E-state index in [1.165, 1.54) is 42.6 Å². The first-order valence-electron chi connectivity index (χ1n) is 9.68. The van der Waals surface area contributed by atoms with Crippen LogP contribution in [0.2, 0.25) is 0 Å². The number of halogens is 3. The molecule has 8 nitrogen and oxygen atoms in total. The molecule has 0 aliphatic heterocycles. The van der Waals surface area contributed by atoms with Gasteiger partial charge in [-0.2, -0.15) is 5.10 Å². The van der Waals surface area contributed by atoms with E-state index in [0.29, 0.717) is 15.8 Å². The third-order valence-corrected chi connectivity index (χ3v) is 4.63. The molecule has 0 spiro atoms. The number of benzene rings is 3. The summed E-state index contributed by atoms with van der Waals surface area (Å²) < 4.78 is 33.3. The Balaban J connectivity index is 1.49. The second-order valence-electron chi connectivity index (χ2n) is 6.67. The number of amides is 3. The van der Waals surface area contributed by atoms with E-state index in [1.54, 1.807) is 24.3 Å². The van der Waals surface area contributed by atoms with Gasteiger partial charge in [0.2, 0.25) is 0 Å². The molecule has 0 saturated heterocycles. The molecule has 3 amide bonds. The van der Waals surface area contributed by atoms with Gasteiger partial charge in [0, 0.05) is 4.47 Å². The molecule has 0 unspecified atom stereocenters. The Bertz CT molecular complexity index is 1250. The van der Waals surface area contributed by atoms with Crippen LogP contribution in [0.4, 0.5) is 20.2 Å². The van der Waals surface area contributed by atoms with E-state index in [1.807, 2.05) is 5.43 Å². The second-order valence-corrected chi connectivity index (χ2v) is 7.58. The maximum absolute atomic E-state index is 13.8. The number of nitrogens with one attached hydrogen (secondary N) is 3. The highest BCUT2D eigenvalue weighted by molar-refractivity contribution is 9.10. The molecule has 11 heteroatoms. The molecule has 0 aromatic heterocycles. The zero-order valence-corrected chi connectivity index (χ0v) is 18.9. The van der Waals surface area contributed by atoms with Crippen molar-refractivity contribution in [1.82, 2.24) is 5.43 Å². The maximum atomic E-state index is 13.8. The van der Waals surface area contributed by atoms with Crippen molar-refractivity contribution in [2.75, 3.05) is 17.2 Å². The molecule has 0 saturated carbocycles. The quantitative estimate of drug-likeness (QED) is 0.245. The smallest absolute Gasteiger partial charge is 0.329 e. The topological polar surface area (TPSA) is 109 Å². The average Bonchev–Trinajstić information content (AvgIpc) is 2.81. The first kappa shape index (κ1) is 24.5. The number of para-hydroxylation sites is 1. The van der Waals surface area contributed by atoms with Gasteiger partial charge in [0.25, 0.3) is 5.91 Å². The van der Waals surface area contributed by atoms with Gasteiger partial charge in [-0.05, 0) is 48.0 Å². The Morgan fingerprint density at radius 2 is 1.65 bits per heavy atom. The molecule has 3 aromatic rings. The molecule has 0 bridgehead atoms. The monoisotopic (exact) mass is 530 g/mol. The van der Waals surface area contributed by atoms with Crippen LogP contribution in [0.25, 0.3) is 0 Å². The zero-order chi connectivity index (χ0) is 24.5. The van der Waals surface area contributed by atoms with Crippen molar-refractivity contribution in [1.29, 1.82) is 0 Å². The molecule has 0 atom stereocenters. The maximum Gasteiger partial charge on any atom is 0.329 e. The largest absolute Gasteiger partial charge is 0.484 e. The predicted molar refractivity (Wildman–Crippen MR) is 125 cm³/mol. The van der Waals surface area contributed by atoms with Crippen LogP contribution < -0.4 is 20.8 Å². The van der Waals surface area contributed by atoms with Gasteiger partial charge in [-0.25, -0.2) is 14.2 Å². The lowest BCUT2D eigenvalue weighted by Gasteiger charge is -2.09. The Labute approximate surface area is 201 Å². The number of carbonyl (C=O) groups excluding carboxylic acids is 3. The van der Waals surface area contributed by atoms with Gasteiger partial charge in [-0.15, -0.1) is 0 Å². The summed E-state index contributed by atoms with van der Waals surface area (Å²) in [6, 6.07) is 16.0. The minimum absolute atomic E-state index is 0.0208. The van der Waals surface area contributed by atoms with Crippen molar-refractivity contribution >= 4 is 51.2 Å². The summed E-state index contributed by atoms with van der Waals surface area (Å²) in [5.74, 6) is -3.70. The molecule has 0 radical (unpaired) electrons. The molecule has 0 aliphatic carbocycles. The summed E-state index contributed by atoms with van der Waals surface area (Å²) in [6.45, 7) is -0.372. The summed E-state index contributed by atoms with van der Waals surface area (Å²) in [7, 11) is 0. The van der Waals surface area contributed by atoms with Crippen LogP contribution in [0.3, 0.4) is 0 Å². The van der Waals surface area contributed by atoms with E-state index < -0.39 is 29.4 Å². The second kappa shape index (κ2) is 11.7. The number of hydrogen-bond donors (Lipinski definition) is 3. The lowest BCUT2D eigenvalue weighted by atomic mass is 10.2. The Morgan fingerprint density at radius 1 is 0.882 bits per heavy atom. The van der Waals surface area contributed by atoms with E-state index in [9.17, 15) is 23.2 Å². The highest BCUT2D eigenvalue weighted by Crippen LogP contribution is 2.19. The summed E-state index contributed by atoms with van der Waals surface area (Å²) in [5.41, 5.74) is 2.41. The van der Waals surface area contributed by atoms with Crippen molar-refractivity contribution in [2.24, 2.45) is 5.10 Å². The molecular weight excluding hydrogens is 514 g/mol. The van der Waals surface area contributed by atoms with E-state index in [4.69, 9.17) is 4.74 Å². The fourth-order valence-corrected chi connectivity index (χ4v) is 2.90. The Kier molecular flexibility index (Phi) is 8.41. The van der Waals surface area contributed by atoms with Crippen molar-refractivity contribution in [2.45, 2.75) is 0 Å². The fraction of sp³-hybridized carbons (Fsp3) is 0.0435. The van der Waals surface area contributed by atoms with Crippen LogP contribution in [0.5, 0.6) is 5.75 Å². The average molecular weight is 531 g/mol. The van der Waals surface area contributed by atoms with Crippen LogP contribution in [-0.4, -0.2) is 30.5 Å². The highest BCUT2D eigenvalue weighted by atomic mass is 79.9. The summed E-state index contributed by atoms with van der Waals surface area (Å²) in [6.07, 6.45) is 1.25. The number of hydrazone groups is 1. The fourth-order valence-electron chi connectivity index (χ4n) is 2.57. The third-order valence-electron chi connectivity index (χ3n) is 4.14. The van der Waals surface area contributed by atoms with Crippen molar-refractivity contribution in [3.05, 3.63) is 88.4 Å². The molecule has 0 fully saturated rings. The normalized spacial score (nSPS) is 10.6.